The highest BCUT2D eigenvalue weighted by atomic mass is 35.7. The van der Waals surface area contributed by atoms with Crippen LogP contribution < -0.4 is 0 Å². The standard InChI is InChI=1S/C16H7Cl3O7S3/c17-27(21,22)12-4-3-9-13(28(18,23)24)5-10-14(29(19,25)26)6-11(20)7-1-2-8(12)16(9)15(7)10/h1-6,20H. The summed E-state index contributed by atoms with van der Waals surface area (Å²) in [4.78, 5) is -1.33. The van der Waals surface area contributed by atoms with E-state index in [1.54, 1.807) is 0 Å². The number of benzene rings is 4. The van der Waals surface area contributed by atoms with Crippen LogP contribution >= 0.6 is 32.0 Å². The lowest BCUT2D eigenvalue weighted by atomic mass is 9.93. The van der Waals surface area contributed by atoms with Crippen LogP contribution in [0.5, 0.6) is 5.75 Å². The number of hydrogen-bond acceptors (Lipinski definition) is 7. The van der Waals surface area contributed by atoms with Crippen molar-refractivity contribution in [2.45, 2.75) is 14.7 Å². The fraction of sp³-hybridized carbons (Fsp3) is 0. The van der Waals surface area contributed by atoms with E-state index in [0.29, 0.717) is 0 Å². The Balaban J connectivity index is 2.49. The van der Waals surface area contributed by atoms with Crippen LogP contribution in [0.1, 0.15) is 0 Å². The van der Waals surface area contributed by atoms with Gasteiger partial charge in [0, 0.05) is 70.4 Å². The highest BCUT2D eigenvalue weighted by Gasteiger charge is 2.27. The van der Waals surface area contributed by atoms with Crippen LogP contribution in [-0.4, -0.2) is 30.4 Å². The average molecular weight is 514 g/mol. The molecule has 0 spiro atoms. The van der Waals surface area contributed by atoms with Gasteiger partial charge in [-0.05, 0) is 18.2 Å². The topological polar surface area (TPSA) is 123 Å². The van der Waals surface area contributed by atoms with Crippen molar-refractivity contribution in [3.8, 4) is 5.75 Å². The summed E-state index contributed by atoms with van der Waals surface area (Å²) in [6.07, 6.45) is 0. The zero-order valence-corrected chi connectivity index (χ0v) is 18.4. The van der Waals surface area contributed by atoms with E-state index < -0.39 is 42.7 Å². The van der Waals surface area contributed by atoms with Gasteiger partial charge < -0.3 is 5.11 Å². The molecule has 0 heterocycles. The van der Waals surface area contributed by atoms with Crippen molar-refractivity contribution in [2.24, 2.45) is 0 Å². The van der Waals surface area contributed by atoms with Crippen LogP contribution in [0, 0.1) is 0 Å². The summed E-state index contributed by atoms with van der Waals surface area (Å²) in [5.74, 6) is -0.444. The van der Waals surface area contributed by atoms with Gasteiger partial charge in [0.05, 0.1) is 14.7 Å². The van der Waals surface area contributed by atoms with Crippen LogP contribution in [0.4, 0.5) is 0 Å². The second kappa shape index (κ2) is 6.22. The van der Waals surface area contributed by atoms with Crippen molar-refractivity contribution in [2.75, 3.05) is 0 Å². The number of hydrogen-bond donors (Lipinski definition) is 1. The largest absolute Gasteiger partial charge is 0.507 e. The average Bonchev–Trinajstić information content (AvgIpc) is 2.57. The first kappa shape index (κ1) is 20.7. The van der Waals surface area contributed by atoms with Crippen molar-refractivity contribution in [3.05, 3.63) is 36.4 Å². The number of aromatic hydroxyl groups is 1. The van der Waals surface area contributed by atoms with Crippen LogP contribution in [0.2, 0.25) is 0 Å². The molecular formula is C16H7Cl3O7S3. The van der Waals surface area contributed by atoms with Gasteiger partial charge in [-0.25, -0.2) is 25.3 Å². The summed E-state index contributed by atoms with van der Waals surface area (Å²) in [5.41, 5.74) is 0. The first-order valence-corrected chi connectivity index (χ1v) is 14.5. The summed E-state index contributed by atoms with van der Waals surface area (Å²) in [5, 5.41) is 10.6. The van der Waals surface area contributed by atoms with E-state index >= 15 is 0 Å². The molecule has 0 aliphatic rings. The normalized spacial score (nSPS) is 13.6. The Bertz CT molecular complexity index is 1670. The van der Waals surface area contributed by atoms with E-state index in [1.165, 1.54) is 18.2 Å². The Morgan fingerprint density at radius 3 is 1.52 bits per heavy atom. The first-order chi connectivity index (χ1) is 13.2. The number of rotatable bonds is 3. The van der Waals surface area contributed by atoms with Gasteiger partial charge in [0.2, 0.25) is 0 Å². The lowest BCUT2D eigenvalue weighted by Crippen LogP contribution is -2.01. The van der Waals surface area contributed by atoms with Crippen molar-refractivity contribution in [1.82, 2.24) is 0 Å². The van der Waals surface area contributed by atoms with E-state index in [9.17, 15) is 30.4 Å². The minimum Gasteiger partial charge on any atom is -0.507 e. The lowest BCUT2D eigenvalue weighted by Gasteiger charge is -2.17. The fourth-order valence-corrected chi connectivity index (χ4v) is 6.69. The molecule has 0 fully saturated rings. The Morgan fingerprint density at radius 1 is 0.552 bits per heavy atom. The van der Waals surface area contributed by atoms with Crippen molar-refractivity contribution in [1.29, 1.82) is 0 Å². The lowest BCUT2D eigenvalue weighted by molar-refractivity contribution is 0.480. The van der Waals surface area contributed by atoms with Crippen LogP contribution in [-0.2, 0) is 27.2 Å². The molecule has 7 nitrogen and oxygen atoms in total. The molecule has 4 aromatic carbocycles. The molecule has 4 aromatic rings. The number of halogens is 3. The summed E-state index contributed by atoms with van der Waals surface area (Å²) < 4.78 is 72.5. The third kappa shape index (κ3) is 3.18. The Kier molecular flexibility index (Phi) is 4.44. The Morgan fingerprint density at radius 2 is 0.966 bits per heavy atom. The zero-order chi connectivity index (χ0) is 21.5. The molecule has 0 atom stereocenters. The molecule has 0 saturated heterocycles. The molecule has 0 aromatic heterocycles. The first-order valence-electron chi connectivity index (χ1n) is 7.52. The van der Waals surface area contributed by atoms with Crippen molar-refractivity contribution in [3.63, 3.8) is 0 Å². The molecule has 0 aliphatic heterocycles. The predicted octanol–water partition coefficient (Wildman–Crippen LogP) is 4.07. The van der Waals surface area contributed by atoms with Crippen LogP contribution in [0.15, 0.2) is 51.1 Å². The summed E-state index contributed by atoms with van der Waals surface area (Å²) >= 11 is 0. The molecule has 1 N–H and O–H groups in total. The highest BCUT2D eigenvalue weighted by Crippen LogP contribution is 2.46. The molecule has 0 saturated carbocycles. The third-order valence-corrected chi connectivity index (χ3v) is 8.65. The highest BCUT2D eigenvalue weighted by molar-refractivity contribution is 8.14. The Hall–Kier alpha value is -1.56. The third-order valence-electron chi connectivity index (χ3n) is 4.55. The van der Waals surface area contributed by atoms with Gasteiger partial charge in [0.1, 0.15) is 5.75 Å². The van der Waals surface area contributed by atoms with Gasteiger partial charge in [-0.1, -0.05) is 12.1 Å². The maximum Gasteiger partial charge on any atom is 0.262 e. The van der Waals surface area contributed by atoms with Gasteiger partial charge in [-0.3, -0.25) is 0 Å². The minimum atomic E-state index is -4.42. The SMILES string of the molecule is O=S(=O)(Cl)c1cc(O)c2ccc3c(S(=O)(=O)Cl)ccc4c(S(=O)(=O)Cl)cc1c2c34. The van der Waals surface area contributed by atoms with Gasteiger partial charge >= 0.3 is 0 Å². The molecule has 13 heteroatoms. The smallest absolute Gasteiger partial charge is 0.262 e. The molecule has 0 aliphatic carbocycles. The van der Waals surface area contributed by atoms with E-state index in [4.69, 9.17) is 32.0 Å². The van der Waals surface area contributed by atoms with Crippen LogP contribution in [0.25, 0.3) is 32.3 Å². The van der Waals surface area contributed by atoms with E-state index in [0.717, 1.165) is 18.2 Å². The molecule has 29 heavy (non-hydrogen) atoms. The maximum absolute atomic E-state index is 12.2. The molecule has 0 amide bonds. The molecule has 0 unspecified atom stereocenters. The van der Waals surface area contributed by atoms with E-state index in [-0.39, 0.29) is 37.2 Å². The minimum absolute atomic E-state index is 0.0284. The van der Waals surface area contributed by atoms with Gasteiger partial charge in [-0.15, -0.1) is 0 Å². The zero-order valence-electron chi connectivity index (χ0n) is 13.7. The summed E-state index contributed by atoms with van der Waals surface area (Å²) in [7, 11) is 3.50. The van der Waals surface area contributed by atoms with Gasteiger partial charge in [0.15, 0.2) is 0 Å². The monoisotopic (exact) mass is 512 g/mol. The van der Waals surface area contributed by atoms with Gasteiger partial charge in [-0.2, -0.15) is 0 Å². The predicted molar refractivity (Wildman–Crippen MR) is 111 cm³/mol. The number of phenols is 1. The van der Waals surface area contributed by atoms with E-state index in [2.05, 4.69) is 0 Å². The van der Waals surface area contributed by atoms with E-state index in [1.807, 2.05) is 0 Å². The Labute approximate surface area is 178 Å². The van der Waals surface area contributed by atoms with Gasteiger partial charge in [0.25, 0.3) is 27.2 Å². The van der Waals surface area contributed by atoms with Crippen molar-refractivity contribution < 1.29 is 30.4 Å². The molecule has 0 radical (unpaired) electrons. The van der Waals surface area contributed by atoms with Crippen molar-refractivity contribution >= 4 is 91.5 Å². The second-order valence-corrected chi connectivity index (χ2v) is 13.8. The second-order valence-electron chi connectivity index (χ2n) is 6.15. The maximum atomic E-state index is 12.2. The summed E-state index contributed by atoms with van der Waals surface area (Å²) in [6, 6.07) is 6.92. The molecule has 0 bridgehead atoms. The van der Waals surface area contributed by atoms with Crippen LogP contribution in [0.3, 0.4) is 0 Å². The molecule has 152 valence electrons. The quantitative estimate of drug-likeness (QED) is 0.323. The fourth-order valence-electron chi connectivity index (χ4n) is 3.49. The number of phenolic OH excluding ortho intramolecular Hbond substituents is 1. The summed E-state index contributed by atoms with van der Waals surface area (Å²) in [6.45, 7) is 0. The molecular weight excluding hydrogens is 507 g/mol. The molecule has 4 rings (SSSR count).